The van der Waals surface area contributed by atoms with Crippen LogP contribution in [0.15, 0.2) is 48.8 Å². The van der Waals surface area contributed by atoms with Crippen LogP contribution in [-0.4, -0.2) is 44.7 Å². The number of rotatable bonds is 7. The first-order valence-corrected chi connectivity index (χ1v) is 8.50. The lowest BCUT2D eigenvalue weighted by Gasteiger charge is -2.14. The van der Waals surface area contributed by atoms with Crippen molar-refractivity contribution in [3.05, 3.63) is 59.9 Å². The summed E-state index contributed by atoms with van der Waals surface area (Å²) in [4.78, 5) is 10.9. The van der Waals surface area contributed by atoms with Gasteiger partial charge in [-0.25, -0.2) is 4.79 Å². The number of aliphatic hydroxyl groups excluding tert-OH is 1. The third kappa shape index (κ3) is 4.78. The highest BCUT2D eigenvalue weighted by molar-refractivity contribution is 5.86. The maximum absolute atomic E-state index is 10.9. The van der Waals surface area contributed by atoms with Gasteiger partial charge in [0.05, 0.1) is 17.9 Å². The third-order valence-corrected chi connectivity index (χ3v) is 4.56. The quantitative estimate of drug-likeness (QED) is 0.717. The summed E-state index contributed by atoms with van der Waals surface area (Å²) in [6, 6.07) is 10.1. The van der Waals surface area contributed by atoms with Crippen LogP contribution in [0.3, 0.4) is 0 Å². The van der Waals surface area contributed by atoms with Crippen molar-refractivity contribution in [3.63, 3.8) is 0 Å². The fraction of sp³-hybridized carbons (Fsp3) is 0.368. The molecule has 0 saturated heterocycles. The molecule has 25 heavy (non-hydrogen) atoms. The monoisotopic (exact) mass is 341 g/mol. The lowest BCUT2D eigenvalue weighted by Crippen LogP contribution is -2.35. The van der Waals surface area contributed by atoms with Crippen LogP contribution in [0.5, 0.6) is 0 Å². The van der Waals surface area contributed by atoms with Crippen molar-refractivity contribution in [1.82, 2.24) is 15.1 Å². The summed E-state index contributed by atoms with van der Waals surface area (Å²) >= 11 is 0. The molecule has 3 N–H and O–H groups in total. The molecule has 1 aliphatic rings. The van der Waals surface area contributed by atoms with E-state index in [0.29, 0.717) is 19.5 Å². The second-order valence-electron chi connectivity index (χ2n) is 6.49. The van der Waals surface area contributed by atoms with Gasteiger partial charge in [0.25, 0.3) is 0 Å². The van der Waals surface area contributed by atoms with E-state index in [4.69, 9.17) is 5.11 Å². The molecule has 0 radical (unpaired) electrons. The van der Waals surface area contributed by atoms with Crippen LogP contribution >= 0.6 is 0 Å². The van der Waals surface area contributed by atoms with Crippen LogP contribution in [0.2, 0.25) is 0 Å². The van der Waals surface area contributed by atoms with E-state index in [-0.39, 0.29) is 23.6 Å². The highest BCUT2D eigenvalue weighted by Gasteiger charge is 2.32. The Labute approximate surface area is 146 Å². The number of carboxylic acids is 1. The van der Waals surface area contributed by atoms with Crippen LogP contribution in [0.25, 0.3) is 6.08 Å². The van der Waals surface area contributed by atoms with Gasteiger partial charge in [0.2, 0.25) is 0 Å². The molecule has 0 aliphatic heterocycles. The van der Waals surface area contributed by atoms with Crippen molar-refractivity contribution in [3.8, 4) is 0 Å². The van der Waals surface area contributed by atoms with Gasteiger partial charge in [0.15, 0.2) is 0 Å². The fourth-order valence-corrected chi connectivity index (χ4v) is 3.30. The van der Waals surface area contributed by atoms with E-state index in [2.05, 4.69) is 22.6 Å². The number of nitrogens with zero attached hydrogens (tertiary/aromatic N) is 2. The first-order valence-electron chi connectivity index (χ1n) is 8.50. The topological polar surface area (TPSA) is 87.4 Å². The standard InChI is InChI=1S/C19H23N3O3/c23-18-10-15(12-22-13-16(11-21-22)19(24)25)9-17(18)20-8-4-7-14-5-2-1-3-6-14/h1-7,11,13,15,17-18,20,23H,8-10,12H2,(H,24,25)/b7-4+/t15?,17-,18-/m1/s1. The van der Waals surface area contributed by atoms with Crippen molar-refractivity contribution < 1.29 is 15.0 Å². The van der Waals surface area contributed by atoms with E-state index < -0.39 is 5.97 Å². The second-order valence-corrected chi connectivity index (χ2v) is 6.49. The second kappa shape index (κ2) is 8.09. The molecule has 2 aromatic rings. The highest BCUT2D eigenvalue weighted by atomic mass is 16.4. The SMILES string of the molecule is O=C(O)c1cnn(CC2C[C@@H](O)[C@H](NC/C=C/c3ccccc3)C2)c1. The molecule has 1 heterocycles. The Bertz CT molecular complexity index is 727. The summed E-state index contributed by atoms with van der Waals surface area (Å²) in [5, 5.41) is 26.6. The number of hydrogen-bond donors (Lipinski definition) is 3. The van der Waals surface area contributed by atoms with Gasteiger partial charge in [-0.1, -0.05) is 42.5 Å². The molecule has 6 heteroatoms. The number of hydrogen-bond acceptors (Lipinski definition) is 4. The molecular weight excluding hydrogens is 318 g/mol. The lowest BCUT2D eigenvalue weighted by atomic mass is 10.1. The molecule has 0 spiro atoms. The molecule has 0 amide bonds. The molecule has 132 valence electrons. The largest absolute Gasteiger partial charge is 0.478 e. The van der Waals surface area contributed by atoms with Crippen molar-refractivity contribution in [2.75, 3.05) is 6.54 Å². The lowest BCUT2D eigenvalue weighted by molar-refractivity contribution is 0.0696. The summed E-state index contributed by atoms with van der Waals surface area (Å²) in [6.45, 7) is 1.33. The first-order chi connectivity index (χ1) is 12.1. The van der Waals surface area contributed by atoms with Crippen molar-refractivity contribution in [2.24, 2.45) is 5.92 Å². The number of aliphatic hydroxyl groups is 1. The van der Waals surface area contributed by atoms with Crippen molar-refractivity contribution >= 4 is 12.0 Å². The molecule has 1 aliphatic carbocycles. The van der Waals surface area contributed by atoms with Crippen LogP contribution in [-0.2, 0) is 6.54 Å². The summed E-state index contributed by atoms with van der Waals surface area (Å²) in [6.07, 6.45) is 8.18. The smallest absolute Gasteiger partial charge is 0.338 e. The first kappa shape index (κ1) is 17.4. The highest BCUT2D eigenvalue weighted by Crippen LogP contribution is 2.27. The molecule has 6 nitrogen and oxygen atoms in total. The minimum atomic E-state index is -0.970. The van der Waals surface area contributed by atoms with Crippen molar-refractivity contribution in [1.29, 1.82) is 0 Å². The van der Waals surface area contributed by atoms with Gasteiger partial charge in [-0.3, -0.25) is 4.68 Å². The zero-order valence-electron chi connectivity index (χ0n) is 14.0. The summed E-state index contributed by atoms with van der Waals surface area (Å²) in [5.74, 6) is -0.686. The Morgan fingerprint density at radius 2 is 2.12 bits per heavy atom. The molecule has 3 atom stereocenters. The van der Waals surface area contributed by atoms with Crippen LogP contribution in [0.1, 0.15) is 28.8 Å². The fourth-order valence-electron chi connectivity index (χ4n) is 3.30. The van der Waals surface area contributed by atoms with Crippen LogP contribution in [0.4, 0.5) is 0 Å². The summed E-state index contributed by atoms with van der Waals surface area (Å²) in [5.41, 5.74) is 1.35. The zero-order valence-corrected chi connectivity index (χ0v) is 14.0. The Balaban J connectivity index is 1.46. The number of aromatic carboxylic acids is 1. The Kier molecular flexibility index (Phi) is 5.63. The molecule has 1 fully saturated rings. The molecule has 0 bridgehead atoms. The van der Waals surface area contributed by atoms with Gasteiger partial charge in [0.1, 0.15) is 0 Å². The van der Waals surface area contributed by atoms with Gasteiger partial charge in [-0.2, -0.15) is 5.10 Å². The predicted molar refractivity (Wildman–Crippen MR) is 95.2 cm³/mol. The Morgan fingerprint density at radius 3 is 2.84 bits per heavy atom. The molecule has 1 saturated carbocycles. The van der Waals surface area contributed by atoms with E-state index >= 15 is 0 Å². The van der Waals surface area contributed by atoms with E-state index in [1.54, 1.807) is 4.68 Å². The minimum Gasteiger partial charge on any atom is -0.478 e. The zero-order chi connectivity index (χ0) is 17.6. The van der Waals surface area contributed by atoms with Crippen LogP contribution < -0.4 is 5.32 Å². The number of carboxylic acid groups (broad SMARTS) is 1. The maximum Gasteiger partial charge on any atom is 0.338 e. The van der Waals surface area contributed by atoms with E-state index in [0.717, 1.165) is 12.0 Å². The normalized spacial score (nSPS) is 23.3. The minimum absolute atomic E-state index is 0.0555. The number of aromatic nitrogens is 2. The number of nitrogens with one attached hydrogen (secondary N) is 1. The summed E-state index contributed by atoms with van der Waals surface area (Å²) in [7, 11) is 0. The van der Waals surface area contributed by atoms with Gasteiger partial charge < -0.3 is 15.5 Å². The molecule has 1 aromatic heterocycles. The van der Waals surface area contributed by atoms with E-state index in [9.17, 15) is 9.90 Å². The van der Waals surface area contributed by atoms with Gasteiger partial charge >= 0.3 is 5.97 Å². The van der Waals surface area contributed by atoms with E-state index in [1.165, 1.54) is 12.4 Å². The van der Waals surface area contributed by atoms with Gasteiger partial charge in [-0.05, 0) is 24.3 Å². The Morgan fingerprint density at radius 1 is 1.32 bits per heavy atom. The van der Waals surface area contributed by atoms with Crippen LogP contribution in [0, 0.1) is 5.92 Å². The molecule has 1 unspecified atom stereocenters. The molecule has 3 rings (SSSR count). The maximum atomic E-state index is 10.9. The van der Waals surface area contributed by atoms with E-state index in [1.807, 2.05) is 30.3 Å². The molecule has 1 aromatic carbocycles. The van der Waals surface area contributed by atoms with Crippen molar-refractivity contribution in [2.45, 2.75) is 31.5 Å². The third-order valence-electron chi connectivity index (χ3n) is 4.56. The average Bonchev–Trinajstić information content (AvgIpc) is 3.20. The molecular formula is C19H23N3O3. The van der Waals surface area contributed by atoms with Gasteiger partial charge in [0, 0.05) is 25.3 Å². The average molecular weight is 341 g/mol. The van der Waals surface area contributed by atoms with Gasteiger partial charge in [-0.15, -0.1) is 0 Å². The Hall–Kier alpha value is -2.44. The summed E-state index contributed by atoms with van der Waals surface area (Å²) < 4.78 is 1.65. The number of benzene rings is 1. The predicted octanol–water partition coefficient (Wildman–Crippen LogP) is 2.02. The number of carbonyl (C=O) groups is 1.